The number of hydrogen-bond donors (Lipinski definition) is 1. The first kappa shape index (κ1) is 10.9. The minimum Gasteiger partial charge on any atom is -0.481 e. The van der Waals surface area contributed by atoms with E-state index in [1.165, 1.54) is 0 Å². The third kappa shape index (κ3) is 2.96. The molecular weight excluding hydrogens is 178 g/mol. The van der Waals surface area contributed by atoms with Gasteiger partial charge in [-0.3, -0.25) is 0 Å². The lowest BCUT2D eigenvalue weighted by molar-refractivity contribution is 0.393. The van der Waals surface area contributed by atoms with Crippen LogP contribution >= 0.6 is 0 Å². The highest BCUT2D eigenvalue weighted by atomic mass is 16.5. The molecule has 1 aromatic rings. The van der Waals surface area contributed by atoms with Gasteiger partial charge in [0.05, 0.1) is 7.11 Å². The van der Waals surface area contributed by atoms with Crippen molar-refractivity contribution in [2.45, 2.75) is 26.2 Å². The van der Waals surface area contributed by atoms with E-state index in [4.69, 9.17) is 10.5 Å². The highest BCUT2D eigenvalue weighted by Crippen LogP contribution is 2.10. The average Bonchev–Trinajstić information content (AvgIpc) is 2.25. The molecule has 14 heavy (non-hydrogen) atoms. The van der Waals surface area contributed by atoms with E-state index in [1.807, 2.05) is 13.0 Å². The van der Waals surface area contributed by atoms with E-state index in [-0.39, 0.29) is 0 Å². The van der Waals surface area contributed by atoms with Gasteiger partial charge in [-0.15, -0.1) is 0 Å². The third-order valence-electron chi connectivity index (χ3n) is 1.96. The molecule has 2 N–H and O–H groups in total. The molecule has 0 saturated heterocycles. The van der Waals surface area contributed by atoms with E-state index in [9.17, 15) is 0 Å². The van der Waals surface area contributed by atoms with Gasteiger partial charge in [-0.05, 0) is 19.4 Å². The van der Waals surface area contributed by atoms with Crippen LogP contribution in [-0.4, -0.2) is 23.6 Å². The quantitative estimate of drug-likeness (QED) is 0.759. The van der Waals surface area contributed by atoms with Crippen LogP contribution in [0.4, 0.5) is 0 Å². The van der Waals surface area contributed by atoms with Crippen molar-refractivity contribution < 1.29 is 4.74 Å². The van der Waals surface area contributed by atoms with Crippen LogP contribution in [0.5, 0.6) is 5.88 Å². The topological polar surface area (TPSA) is 61.0 Å². The van der Waals surface area contributed by atoms with E-state index in [2.05, 4.69) is 9.97 Å². The predicted molar refractivity (Wildman–Crippen MR) is 55.3 cm³/mol. The minimum absolute atomic E-state index is 0.642. The standard InChI is InChI=1S/C10H17N3O/c1-3-9-12-8(5-4-6-11)7-10(13-9)14-2/h7H,3-6,11H2,1-2H3. The molecule has 4 heteroatoms. The summed E-state index contributed by atoms with van der Waals surface area (Å²) in [4.78, 5) is 8.60. The van der Waals surface area contributed by atoms with Gasteiger partial charge in [0, 0.05) is 18.2 Å². The molecule has 4 nitrogen and oxygen atoms in total. The molecule has 0 atom stereocenters. The van der Waals surface area contributed by atoms with Crippen LogP contribution < -0.4 is 10.5 Å². The maximum atomic E-state index is 5.44. The molecule has 0 aliphatic heterocycles. The maximum absolute atomic E-state index is 5.44. The van der Waals surface area contributed by atoms with Gasteiger partial charge in [-0.25, -0.2) is 4.98 Å². The first-order chi connectivity index (χ1) is 6.80. The minimum atomic E-state index is 0.642. The van der Waals surface area contributed by atoms with Crippen molar-refractivity contribution in [2.75, 3.05) is 13.7 Å². The number of aryl methyl sites for hydroxylation is 2. The molecule has 78 valence electrons. The van der Waals surface area contributed by atoms with E-state index in [0.29, 0.717) is 12.4 Å². The zero-order valence-corrected chi connectivity index (χ0v) is 8.79. The molecule has 0 aliphatic carbocycles. The lowest BCUT2D eigenvalue weighted by Gasteiger charge is -2.05. The van der Waals surface area contributed by atoms with Crippen LogP contribution in [0.1, 0.15) is 24.9 Å². The summed E-state index contributed by atoms with van der Waals surface area (Å²) in [6.07, 6.45) is 2.67. The van der Waals surface area contributed by atoms with Gasteiger partial charge in [-0.2, -0.15) is 4.98 Å². The predicted octanol–water partition coefficient (Wildman–Crippen LogP) is 0.939. The Morgan fingerprint density at radius 1 is 1.43 bits per heavy atom. The second-order valence-electron chi connectivity index (χ2n) is 3.06. The number of ether oxygens (including phenoxy) is 1. The normalized spacial score (nSPS) is 10.2. The Kier molecular flexibility index (Phi) is 4.32. The molecule has 0 saturated carbocycles. The van der Waals surface area contributed by atoms with Crippen LogP contribution in [0.3, 0.4) is 0 Å². The molecule has 1 rings (SSSR count). The third-order valence-corrected chi connectivity index (χ3v) is 1.96. The summed E-state index contributed by atoms with van der Waals surface area (Å²) in [5, 5.41) is 0. The summed E-state index contributed by atoms with van der Waals surface area (Å²) in [6.45, 7) is 2.72. The second-order valence-corrected chi connectivity index (χ2v) is 3.06. The number of rotatable bonds is 5. The van der Waals surface area contributed by atoms with E-state index >= 15 is 0 Å². The Labute approximate surface area is 84.5 Å². The number of methoxy groups -OCH3 is 1. The molecular formula is C10H17N3O. The summed E-state index contributed by atoms with van der Waals surface area (Å²) in [5.74, 6) is 1.47. The summed E-state index contributed by atoms with van der Waals surface area (Å²) >= 11 is 0. The first-order valence-corrected chi connectivity index (χ1v) is 4.91. The lowest BCUT2D eigenvalue weighted by Crippen LogP contribution is -2.04. The zero-order valence-electron chi connectivity index (χ0n) is 8.79. The molecule has 0 bridgehead atoms. The summed E-state index contributed by atoms with van der Waals surface area (Å²) in [5.41, 5.74) is 6.46. The fourth-order valence-corrected chi connectivity index (χ4v) is 1.20. The molecule has 0 unspecified atom stereocenters. The van der Waals surface area contributed by atoms with E-state index in [0.717, 1.165) is 30.8 Å². The van der Waals surface area contributed by atoms with Crippen LogP contribution in [0.25, 0.3) is 0 Å². The fraction of sp³-hybridized carbons (Fsp3) is 0.600. The molecule has 0 amide bonds. The Balaban J connectivity index is 2.81. The molecule has 1 heterocycles. The monoisotopic (exact) mass is 195 g/mol. The van der Waals surface area contributed by atoms with Gasteiger partial charge in [0.2, 0.25) is 5.88 Å². The number of aromatic nitrogens is 2. The molecule has 0 aromatic carbocycles. The van der Waals surface area contributed by atoms with Crippen LogP contribution in [-0.2, 0) is 12.8 Å². The molecule has 0 fully saturated rings. The SMILES string of the molecule is CCc1nc(CCCN)cc(OC)n1. The van der Waals surface area contributed by atoms with Gasteiger partial charge in [0.1, 0.15) is 5.82 Å². The van der Waals surface area contributed by atoms with E-state index < -0.39 is 0 Å². The number of nitrogens with zero attached hydrogens (tertiary/aromatic N) is 2. The Morgan fingerprint density at radius 3 is 2.79 bits per heavy atom. The van der Waals surface area contributed by atoms with Crippen molar-refractivity contribution >= 4 is 0 Å². The van der Waals surface area contributed by atoms with Gasteiger partial charge in [0.25, 0.3) is 0 Å². The zero-order chi connectivity index (χ0) is 10.4. The molecule has 1 aromatic heterocycles. The summed E-state index contributed by atoms with van der Waals surface area (Å²) < 4.78 is 5.09. The smallest absolute Gasteiger partial charge is 0.216 e. The Hall–Kier alpha value is -1.16. The highest BCUT2D eigenvalue weighted by Gasteiger charge is 2.02. The molecule has 0 aliphatic rings. The van der Waals surface area contributed by atoms with Crippen molar-refractivity contribution in [1.82, 2.24) is 9.97 Å². The van der Waals surface area contributed by atoms with Gasteiger partial charge in [-0.1, -0.05) is 6.92 Å². The van der Waals surface area contributed by atoms with Gasteiger partial charge < -0.3 is 10.5 Å². The van der Waals surface area contributed by atoms with E-state index in [1.54, 1.807) is 7.11 Å². The highest BCUT2D eigenvalue weighted by molar-refractivity contribution is 5.16. The van der Waals surface area contributed by atoms with Crippen molar-refractivity contribution in [2.24, 2.45) is 5.73 Å². The molecule has 0 radical (unpaired) electrons. The van der Waals surface area contributed by atoms with Crippen molar-refractivity contribution in [3.05, 3.63) is 17.6 Å². The van der Waals surface area contributed by atoms with Crippen LogP contribution in [0.2, 0.25) is 0 Å². The van der Waals surface area contributed by atoms with Crippen molar-refractivity contribution in [3.63, 3.8) is 0 Å². The Bertz CT molecular complexity index is 266. The Morgan fingerprint density at radius 2 is 2.21 bits per heavy atom. The van der Waals surface area contributed by atoms with Gasteiger partial charge in [0.15, 0.2) is 0 Å². The largest absolute Gasteiger partial charge is 0.481 e. The average molecular weight is 195 g/mol. The van der Waals surface area contributed by atoms with Crippen molar-refractivity contribution in [1.29, 1.82) is 0 Å². The summed E-state index contributed by atoms with van der Waals surface area (Å²) in [6, 6.07) is 1.87. The van der Waals surface area contributed by atoms with Crippen molar-refractivity contribution in [3.8, 4) is 5.88 Å². The van der Waals surface area contributed by atoms with Crippen LogP contribution in [0, 0.1) is 0 Å². The first-order valence-electron chi connectivity index (χ1n) is 4.91. The molecule has 0 spiro atoms. The number of hydrogen-bond acceptors (Lipinski definition) is 4. The maximum Gasteiger partial charge on any atom is 0.216 e. The van der Waals surface area contributed by atoms with Crippen LogP contribution in [0.15, 0.2) is 6.07 Å². The lowest BCUT2D eigenvalue weighted by atomic mass is 10.2. The number of nitrogens with two attached hydrogens (primary N) is 1. The fourth-order valence-electron chi connectivity index (χ4n) is 1.20. The van der Waals surface area contributed by atoms with Gasteiger partial charge >= 0.3 is 0 Å². The summed E-state index contributed by atoms with van der Waals surface area (Å²) in [7, 11) is 1.62. The second kappa shape index (κ2) is 5.54.